The number of unbranched alkanes of at least 4 members (excludes halogenated alkanes) is 1. The molecule has 2 rings (SSSR count). The zero-order valence-corrected chi connectivity index (χ0v) is 12.7. The second kappa shape index (κ2) is 8.28. The fourth-order valence-corrected chi connectivity index (χ4v) is 2.44. The molecular formula is C17H27NO2. The van der Waals surface area contributed by atoms with Crippen LogP contribution in [-0.4, -0.2) is 25.9 Å². The zero-order chi connectivity index (χ0) is 14.2. The minimum Gasteiger partial charge on any atom is -0.494 e. The van der Waals surface area contributed by atoms with Crippen LogP contribution in [0.5, 0.6) is 5.75 Å². The second-order valence-corrected chi connectivity index (χ2v) is 5.54. The summed E-state index contributed by atoms with van der Waals surface area (Å²) in [5.74, 6) is 0.974. The van der Waals surface area contributed by atoms with Crippen LogP contribution < -0.4 is 10.1 Å². The van der Waals surface area contributed by atoms with Crippen LogP contribution in [0.3, 0.4) is 0 Å². The van der Waals surface area contributed by atoms with Crippen molar-refractivity contribution in [3.63, 3.8) is 0 Å². The number of nitrogens with one attached hydrogen (secondary N) is 1. The van der Waals surface area contributed by atoms with Gasteiger partial charge in [0.05, 0.1) is 12.7 Å². The van der Waals surface area contributed by atoms with Gasteiger partial charge in [-0.15, -0.1) is 0 Å². The molecule has 0 amide bonds. The predicted octanol–water partition coefficient (Wildman–Crippen LogP) is 3.70. The van der Waals surface area contributed by atoms with Gasteiger partial charge >= 0.3 is 0 Å². The van der Waals surface area contributed by atoms with Crippen LogP contribution >= 0.6 is 0 Å². The number of hydrogen-bond donors (Lipinski definition) is 1. The highest BCUT2D eigenvalue weighted by Gasteiger charge is 2.16. The number of ether oxygens (including phenoxy) is 2. The summed E-state index contributed by atoms with van der Waals surface area (Å²) in [6, 6.07) is 8.73. The molecular weight excluding hydrogens is 250 g/mol. The number of benzene rings is 1. The average Bonchev–Trinajstić information content (AvgIpc) is 2.99. The average molecular weight is 277 g/mol. The lowest BCUT2D eigenvalue weighted by atomic mass is 10.1. The summed E-state index contributed by atoms with van der Waals surface area (Å²) < 4.78 is 11.4. The summed E-state index contributed by atoms with van der Waals surface area (Å²) in [6.07, 6.45) is 5.04. The number of rotatable bonds is 8. The summed E-state index contributed by atoms with van der Waals surface area (Å²) in [5.41, 5.74) is 1.27. The molecule has 1 saturated heterocycles. The Morgan fingerprint density at radius 3 is 3.10 bits per heavy atom. The van der Waals surface area contributed by atoms with Crippen molar-refractivity contribution in [3.05, 3.63) is 29.8 Å². The van der Waals surface area contributed by atoms with Gasteiger partial charge in [0, 0.05) is 19.2 Å². The maximum Gasteiger partial charge on any atom is 0.119 e. The van der Waals surface area contributed by atoms with E-state index in [2.05, 4.69) is 37.4 Å². The van der Waals surface area contributed by atoms with Crippen LogP contribution in [0.2, 0.25) is 0 Å². The largest absolute Gasteiger partial charge is 0.494 e. The van der Waals surface area contributed by atoms with Crippen LogP contribution in [-0.2, 0) is 4.74 Å². The summed E-state index contributed by atoms with van der Waals surface area (Å²) in [7, 11) is 0. The monoisotopic (exact) mass is 277 g/mol. The van der Waals surface area contributed by atoms with Crippen molar-refractivity contribution in [2.45, 2.75) is 51.7 Å². The van der Waals surface area contributed by atoms with Gasteiger partial charge in [-0.1, -0.05) is 25.5 Å². The molecule has 1 aromatic rings. The Bertz CT molecular complexity index is 388. The van der Waals surface area contributed by atoms with Crippen LogP contribution in [0.1, 0.15) is 51.1 Å². The minimum absolute atomic E-state index is 0.328. The van der Waals surface area contributed by atoms with Crippen molar-refractivity contribution in [1.82, 2.24) is 5.32 Å². The second-order valence-electron chi connectivity index (χ2n) is 5.54. The summed E-state index contributed by atoms with van der Waals surface area (Å²) in [4.78, 5) is 0. The van der Waals surface area contributed by atoms with E-state index in [0.717, 1.165) is 31.9 Å². The molecule has 0 saturated carbocycles. The Hall–Kier alpha value is -1.06. The normalized spacial score (nSPS) is 20.0. The first-order valence-corrected chi connectivity index (χ1v) is 7.87. The van der Waals surface area contributed by atoms with Gasteiger partial charge in [0.15, 0.2) is 0 Å². The molecule has 0 spiro atoms. The predicted molar refractivity (Wildman–Crippen MR) is 82.2 cm³/mol. The van der Waals surface area contributed by atoms with E-state index in [4.69, 9.17) is 9.47 Å². The number of hydrogen-bond acceptors (Lipinski definition) is 3. The van der Waals surface area contributed by atoms with E-state index in [0.29, 0.717) is 12.1 Å². The third-order valence-electron chi connectivity index (χ3n) is 3.80. The molecule has 1 fully saturated rings. The first-order valence-electron chi connectivity index (χ1n) is 7.87. The molecule has 112 valence electrons. The van der Waals surface area contributed by atoms with Crippen molar-refractivity contribution in [1.29, 1.82) is 0 Å². The van der Waals surface area contributed by atoms with Gasteiger partial charge in [0.2, 0.25) is 0 Å². The Balaban J connectivity index is 1.81. The topological polar surface area (TPSA) is 30.5 Å². The zero-order valence-electron chi connectivity index (χ0n) is 12.7. The Kier molecular flexibility index (Phi) is 6.34. The van der Waals surface area contributed by atoms with Crippen LogP contribution in [0.25, 0.3) is 0 Å². The van der Waals surface area contributed by atoms with Crippen LogP contribution in [0.4, 0.5) is 0 Å². The molecule has 1 aromatic carbocycles. The van der Waals surface area contributed by atoms with E-state index in [-0.39, 0.29) is 0 Å². The molecule has 0 aliphatic carbocycles. The van der Waals surface area contributed by atoms with Gasteiger partial charge in [0.25, 0.3) is 0 Å². The van der Waals surface area contributed by atoms with Crippen molar-refractivity contribution >= 4 is 0 Å². The molecule has 0 unspecified atom stereocenters. The van der Waals surface area contributed by atoms with Gasteiger partial charge in [-0.3, -0.25) is 0 Å². The smallest absolute Gasteiger partial charge is 0.119 e. The Labute approximate surface area is 122 Å². The highest BCUT2D eigenvalue weighted by atomic mass is 16.5. The standard InChI is InChI=1S/C17H27NO2/c1-3-4-10-19-16-8-5-7-15(12-16)14(2)18-13-17-9-6-11-20-17/h5,7-8,12,14,17-18H,3-4,6,9-11,13H2,1-2H3/t14-,17+/m0/s1. The summed E-state index contributed by atoms with van der Waals surface area (Å²) in [6.45, 7) is 7.03. The molecule has 1 heterocycles. The molecule has 0 bridgehead atoms. The fourth-order valence-electron chi connectivity index (χ4n) is 2.44. The summed E-state index contributed by atoms with van der Waals surface area (Å²) in [5, 5.41) is 3.55. The van der Waals surface area contributed by atoms with Gasteiger partial charge in [-0.25, -0.2) is 0 Å². The van der Waals surface area contributed by atoms with Gasteiger partial charge < -0.3 is 14.8 Å². The van der Waals surface area contributed by atoms with E-state index < -0.39 is 0 Å². The van der Waals surface area contributed by atoms with Crippen LogP contribution in [0.15, 0.2) is 24.3 Å². The van der Waals surface area contributed by atoms with E-state index in [9.17, 15) is 0 Å². The lowest BCUT2D eigenvalue weighted by molar-refractivity contribution is 0.108. The molecule has 1 aliphatic rings. The van der Waals surface area contributed by atoms with E-state index in [1.54, 1.807) is 0 Å². The van der Waals surface area contributed by atoms with Crippen molar-refractivity contribution in [2.24, 2.45) is 0 Å². The molecule has 20 heavy (non-hydrogen) atoms. The highest BCUT2D eigenvalue weighted by molar-refractivity contribution is 5.30. The first-order chi connectivity index (χ1) is 9.79. The molecule has 1 aliphatic heterocycles. The fraction of sp³-hybridized carbons (Fsp3) is 0.647. The SMILES string of the molecule is CCCCOc1cccc([C@H](C)NC[C@H]2CCCO2)c1. The van der Waals surface area contributed by atoms with Crippen molar-refractivity contribution in [2.75, 3.05) is 19.8 Å². The molecule has 0 aromatic heterocycles. The minimum atomic E-state index is 0.328. The first kappa shape index (κ1) is 15.3. The van der Waals surface area contributed by atoms with Crippen molar-refractivity contribution < 1.29 is 9.47 Å². The van der Waals surface area contributed by atoms with E-state index in [1.165, 1.54) is 24.8 Å². The lowest BCUT2D eigenvalue weighted by Gasteiger charge is -2.18. The van der Waals surface area contributed by atoms with Crippen molar-refractivity contribution in [3.8, 4) is 5.75 Å². The highest BCUT2D eigenvalue weighted by Crippen LogP contribution is 2.20. The Morgan fingerprint density at radius 2 is 2.35 bits per heavy atom. The van der Waals surface area contributed by atoms with Crippen LogP contribution in [0, 0.1) is 0 Å². The van der Waals surface area contributed by atoms with Gasteiger partial charge in [-0.2, -0.15) is 0 Å². The molecule has 0 radical (unpaired) electrons. The van der Waals surface area contributed by atoms with E-state index >= 15 is 0 Å². The third-order valence-corrected chi connectivity index (χ3v) is 3.80. The molecule has 3 heteroatoms. The van der Waals surface area contributed by atoms with Gasteiger partial charge in [-0.05, 0) is 43.9 Å². The maximum atomic E-state index is 5.76. The van der Waals surface area contributed by atoms with E-state index in [1.807, 2.05) is 6.07 Å². The lowest BCUT2D eigenvalue weighted by Crippen LogP contribution is -2.28. The quantitative estimate of drug-likeness (QED) is 0.735. The molecule has 1 N–H and O–H groups in total. The molecule has 3 nitrogen and oxygen atoms in total. The third kappa shape index (κ3) is 4.80. The van der Waals surface area contributed by atoms with Gasteiger partial charge in [0.1, 0.15) is 5.75 Å². The molecule has 2 atom stereocenters. The maximum absolute atomic E-state index is 5.76. The Morgan fingerprint density at radius 1 is 1.45 bits per heavy atom. The summed E-state index contributed by atoms with van der Waals surface area (Å²) >= 11 is 0.